The summed E-state index contributed by atoms with van der Waals surface area (Å²) in [7, 11) is 1.70. The van der Waals surface area contributed by atoms with Gasteiger partial charge in [0.05, 0.1) is 24.0 Å². The maximum Gasteiger partial charge on any atom is 0.227 e. The molecule has 2 heterocycles. The molecule has 0 atom stereocenters. The molecular weight excluding hydrogens is 364 g/mol. The number of ether oxygens (including phenoxy) is 1. The first-order valence-electron chi connectivity index (χ1n) is 9.50. The van der Waals surface area contributed by atoms with Gasteiger partial charge in [0, 0.05) is 32.4 Å². The van der Waals surface area contributed by atoms with E-state index in [1.165, 1.54) is 0 Å². The first-order valence-corrected chi connectivity index (χ1v) is 9.50. The third-order valence-electron chi connectivity index (χ3n) is 4.94. The lowest BCUT2D eigenvalue weighted by atomic mass is 10.2. The van der Waals surface area contributed by atoms with Crippen LogP contribution in [-0.2, 0) is 0 Å². The Morgan fingerprint density at radius 1 is 0.966 bits per heavy atom. The van der Waals surface area contributed by atoms with Crippen LogP contribution in [0.5, 0.6) is 5.75 Å². The fourth-order valence-electron chi connectivity index (χ4n) is 3.44. The second-order valence-corrected chi connectivity index (χ2v) is 6.67. The van der Waals surface area contributed by atoms with E-state index in [-0.39, 0.29) is 0 Å². The molecule has 0 aliphatic carbocycles. The van der Waals surface area contributed by atoms with Crippen molar-refractivity contribution in [1.82, 2.24) is 9.97 Å². The van der Waals surface area contributed by atoms with Crippen LogP contribution in [0.25, 0.3) is 0 Å². The van der Waals surface area contributed by atoms with Crippen molar-refractivity contribution >= 4 is 23.1 Å². The Hall–Kier alpha value is -3.79. The number of nitrogens with one attached hydrogen (secondary N) is 1. The van der Waals surface area contributed by atoms with Crippen LogP contribution in [0.3, 0.4) is 0 Å². The summed E-state index contributed by atoms with van der Waals surface area (Å²) < 4.78 is 5.49. The van der Waals surface area contributed by atoms with Crippen LogP contribution in [0.4, 0.5) is 23.1 Å². The topological polar surface area (TPSA) is 77.3 Å². The molecule has 1 fully saturated rings. The summed E-state index contributed by atoms with van der Waals surface area (Å²) in [5, 5.41) is 12.5. The molecule has 1 saturated heterocycles. The fraction of sp³-hybridized carbons (Fsp3) is 0.227. The van der Waals surface area contributed by atoms with Crippen molar-refractivity contribution in [3.05, 3.63) is 66.4 Å². The highest BCUT2D eigenvalue weighted by Gasteiger charge is 2.21. The Morgan fingerprint density at radius 2 is 1.69 bits per heavy atom. The number of aromatic nitrogens is 2. The van der Waals surface area contributed by atoms with Crippen molar-refractivity contribution in [1.29, 1.82) is 5.26 Å². The second-order valence-electron chi connectivity index (χ2n) is 6.67. The van der Waals surface area contributed by atoms with Crippen LogP contribution in [-0.4, -0.2) is 43.3 Å². The summed E-state index contributed by atoms with van der Waals surface area (Å²) in [5.74, 6) is 2.24. The summed E-state index contributed by atoms with van der Waals surface area (Å²) in [6, 6.07) is 19.5. The zero-order chi connectivity index (χ0) is 20.1. The van der Waals surface area contributed by atoms with Crippen molar-refractivity contribution in [3.63, 3.8) is 0 Å². The van der Waals surface area contributed by atoms with Crippen molar-refractivity contribution in [2.45, 2.75) is 0 Å². The quantitative estimate of drug-likeness (QED) is 0.720. The van der Waals surface area contributed by atoms with E-state index in [9.17, 15) is 5.26 Å². The number of nitriles is 1. The number of benzene rings is 2. The number of hydrogen-bond acceptors (Lipinski definition) is 7. The maximum atomic E-state index is 9.27. The van der Waals surface area contributed by atoms with E-state index in [4.69, 9.17) is 4.74 Å². The molecule has 29 heavy (non-hydrogen) atoms. The molecule has 146 valence electrons. The van der Waals surface area contributed by atoms with Gasteiger partial charge >= 0.3 is 0 Å². The van der Waals surface area contributed by atoms with Gasteiger partial charge in [-0.1, -0.05) is 24.3 Å². The molecule has 1 aliphatic heterocycles. The van der Waals surface area contributed by atoms with Gasteiger partial charge in [-0.3, -0.25) is 0 Å². The molecule has 0 saturated carbocycles. The number of para-hydroxylation sites is 3. The maximum absolute atomic E-state index is 9.27. The van der Waals surface area contributed by atoms with Crippen LogP contribution in [0.2, 0.25) is 0 Å². The van der Waals surface area contributed by atoms with Gasteiger partial charge in [0.1, 0.15) is 17.6 Å². The minimum Gasteiger partial charge on any atom is -0.495 e. The molecule has 7 heteroatoms. The van der Waals surface area contributed by atoms with E-state index in [0.717, 1.165) is 43.3 Å². The molecule has 0 radical (unpaired) electrons. The Balaban J connectivity index is 1.45. The summed E-state index contributed by atoms with van der Waals surface area (Å²) in [6.45, 7) is 3.35. The van der Waals surface area contributed by atoms with E-state index < -0.39 is 0 Å². The second kappa shape index (κ2) is 8.48. The normalized spacial score (nSPS) is 13.7. The molecule has 1 N–H and O–H groups in total. The molecule has 1 aromatic heterocycles. The van der Waals surface area contributed by atoms with Gasteiger partial charge in [-0.05, 0) is 30.3 Å². The number of hydrogen-bond donors (Lipinski definition) is 1. The molecule has 7 nitrogen and oxygen atoms in total. The summed E-state index contributed by atoms with van der Waals surface area (Å²) in [4.78, 5) is 13.6. The molecule has 0 unspecified atom stereocenters. The zero-order valence-electron chi connectivity index (χ0n) is 16.2. The van der Waals surface area contributed by atoms with Crippen LogP contribution >= 0.6 is 0 Å². The highest BCUT2D eigenvalue weighted by molar-refractivity contribution is 5.65. The van der Waals surface area contributed by atoms with E-state index in [2.05, 4.69) is 37.2 Å². The first kappa shape index (κ1) is 18.6. The molecule has 4 rings (SSSR count). The molecule has 0 amide bonds. The monoisotopic (exact) mass is 386 g/mol. The van der Waals surface area contributed by atoms with Gasteiger partial charge in [-0.25, -0.2) is 4.98 Å². The van der Waals surface area contributed by atoms with Crippen LogP contribution in [0.15, 0.2) is 60.8 Å². The first-order chi connectivity index (χ1) is 14.3. The Morgan fingerprint density at radius 3 is 2.48 bits per heavy atom. The zero-order valence-corrected chi connectivity index (χ0v) is 16.2. The van der Waals surface area contributed by atoms with Gasteiger partial charge in [-0.15, -0.1) is 0 Å². The van der Waals surface area contributed by atoms with E-state index in [1.54, 1.807) is 19.4 Å². The van der Waals surface area contributed by atoms with Gasteiger partial charge in [0.15, 0.2) is 0 Å². The van der Waals surface area contributed by atoms with Crippen molar-refractivity contribution in [2.24, 2.45) is 0 Å². The highest BCUT2D eigenvalue weighted by Crippen LogP contribution is 2.29. The van der Waals surface area contributed by atoms with Crippen LogP contribution < -0.4 is 19.9 Å². The molecule has 1 aliphatic rings. The largest absolute Gasteiger partial charge is 0.495 e. The average Bonchev–Trinajstić information content (AvgIpc) is 2.80. The molecule has 3 aromatic rings. The minimum atomic E-state index is 0.582. The number of nitrogens with zero attached hydrogens (tertiary/aromatic N) is 5. The summed E-state index contributed by atoms with van der Waals surface area (Å²) >= 11 is 0. The number of piperazine rings is 1. The lowest BCUT2D eigenvalue weighted by Crippen LogP contribution is -2.47. The van der Waals surface area contributed by atoms with Gasteiger partial charge in [-0.2, -0.15) is 10.2 Å². The molecule has 0 bridgehead atoms. The van der Waals surface area contributed by atoms with Gasteiger partial charge in [0.25, 0.3) is 0 Å². The van der Waals surface area contributed by atoms with E-state index in [1.807, 2.05) is 42.5 Å². The van der Waals surface area contributed by atoms with Gasteiger partial charge < -0.3 is 19.9 Å². The Labute approximate surface area is 170 Å². The third-order valence-corrected chi connectivity index (χ3v) is 4.94. The fourth-order valence-corrected chi connectivity index (χ4v) is 3.44. The minimum absolute atomic E-state index is 0.582. The predicted molar refractivity (Wildman–Crippen MR) is 114 cm³/mol. The Bertz CT molecular complexity index is 1020. The standard InChI is InChI=1S/C22H22N6O/c1-29-20-9-5-4-8-19(20)27-12-14-28(15-13-27)22-24-11-10-21(26-22)25-18-7-3-2-6-17(18)16-23/h2-11H,12-15H2,1H3,(H,24,25,26). The van der Waals surface area contributed by atoms with E-state index >= 15 is 0 Å². The van der Waals surface area contributed by atoms with Crippen molar-refractivity contribution < 1.29 is 4.74 Å². The van der Waals surface area contributed by atoms with Gasteiger partial charge in [0.2, 0.25) is 5.95 Å². The van der Waals surface area contributed by atoms with Crippen LogP contribution in [0.1, 0.15) is 5.56 Å². The molecular formula is C22H22N6O. The van der Waals surface area contributed by atoms with Crippen molar-refractivity contribution in [2.75, 3.05) is 48.4 Å². The number of methoxy groups -OCH3 is 1. The smallest absolute Gasteiger partial charge is 0.227 e. The van der Waals surface area contributed by atoms with Crippen molar-refractivity contribution in [3.8, 4) is 11.8 Å². The number of rotatable bonds is 5. The highest BCUT2D eigenvalue weighted by atomic mass is 16.5. The molecule has 2 aromatic carbocycles. The number of anilines is 4. The molecule has 0 spiro atoms. The SMILES string of the molecule is COc1ccccc1N1CCN(c2nccc(Nc3ccccc3C#N)n2)CC1. The summed E-state index contributed by atoms with van der Waals surface area (Å²) in [5.41, 5.74) is 2.43. The summed E-state index contributed by atoms with van der Waals surface area (Å²) in [6.07, 6.45) is 1.74. The lowest BCUT2D eigenvalue weighted by Gasteiger charge is -2.36. The average molecular weight is 386 g/mol. The Kier molecular flexibility index (Phi) is 5.43. The predicted octanol–water partition coefficient (Wildman–Crippen LogP) is 3.43. The third kappa shape index (κ3) is 4.06. The van der Waals surface area contributed by atoms with Crippen LogP contribution in [0, 0.1) is 11.3 Å². The van der Waals surface area contributed by atoms with E-state index in [0.29, 0.717) is 17.3 Å². The lowest BCUT2D eigenvalue weighted by molar-refractivity contribution is 0.413.